The number of ether oxygens (including phenoxy) is 1. The van der Waals surface area contributed by atoms with Crippen LogP contribution in [0.4, 0.5) is 26.3 Å². The number of hydrogen-bond acceptors (Lipinski definition) is 6. The highest BCUT2D eigenvalue weighted by Crippen LogP contribution is 2.57. The highest BCUT2D eigenvalue weighted by Gasteiger charge is 2.61. The lowest BCUT2D eigenvalue weighted by atomic mass is 9.78. The molecule has 3 aromatic carbocycles. The third-order valence-corrected chi connectivity index (χ3v) is 8.40. The fourth-order valence-corrected chi connectivity index (χ4v) is 6.59. The minimum absolute atomic E-state index is 0.0124. The molecular formula is C30H25F6N5O2. The lowest BCUT2D eigenvalue weighted by Gasteiger charge is -2.49. The van der Waals surface area contributed by atoms with Gasteiger partial charge in [0, 0.05) is 18.5 Å². The molecular weight excluding hydrogens is 576 g/mol. The third-order valence-electron chi connectivity index (χ3n) is 8.40. The topological polar surface area (TPSA) is 84.0 Å². The van der Waals surface area contributed by atoms with E-state index < -0.39 is 46.7 Å². The van der Waals surface area contributed by atoms with Gasteiger partial charge < -0.3 is 4.74 Å². The standard InChI is InChI=1S/C30H25F6N5O2/c31-29(32,33)21-13-19(14-22(15-21)30(34,35)36)27(42)43-25-12-11-24-23(26-37-39-40-38-26)16-28(25,20-9-5-2-6-10-20)41(24)17-18-7-3-1-4-8-18/h1-10,13-15,23-25H,11-12,16-17H2,(H,37,38,39,40)/t23-,24+,25-,28-/m1/s1. The molecule has 2 fully saturated rings. The predicted octanol–water partition coefficient (Wildman–Crippen LogP) is 6.51. The van der Waals surface area contributed by atoms with Gasteiger partial charge in [-0.2, -0.15) is 31.6 Å². The number of esters is 1. The number of fused-ring (bicyclic) bond motifs is 2. The van der Waals surface area contributed by atoms with Crippen LogP contribution in [0.1, 0.15) is 63.6 Å². The summed E-state index contributed by atoms with van der Waals surface area (Å²) in [6.45, 7) is 0.435. The first kappa shape index (κ1) is 28.8. The van der Waals surface area contributed by atoms with E-state index in [9.17, 15) is 31.1 Å². The molecule has 43 heavy (non-hydrogen) atoms. The summed E-state index contributed by atoms with van der Waals surface area (Å²) in [4.78, 5) is 15.7. The number of alkyl halides is 6. The fraction of sp³-hybridized carbons (Fsp3) is 0.333. The minimum Gasteiger partial charge on any atom is -0.456 e. The van der Waals surface area contributed by atoms with Crippen molar-refractivity contribution in [2.45, 2.75) is 61.8 Å². The molecule has 1 aromatic heterocycles. The number of piperidine rings is 1. The van der Waals surface area contributed by atoms with Crippen molar-refractivity contribution in [3.05, 3.63) is 113 Å². The van der Waals surface area contributed by atoms with E-state index in [2.05, 4.69) is 25.5 Å². The SMILES string of the molecule is O=C(O[C@@H]1CC[C@H]2[C@H](c3nn[nH]n3)C[C@]1(c1ccccc1)N2Cc1ccccc1)c1cc(C(F)(F)F)cc(C(F)(F)F)c1. The molecule has 0 radical (unpaired) electrons. The summed E-state index contributed by atoms with van der Waals surface area (Å²) in [5.41, 5.74) is -3.22. The number of aromatic amines is 1. The number of carbonyl (C=O) groups excluding carboxylic acids is 1. The van der Waals surface area contributed by atoms with Gasteiger partial charge in [0.25, 0.3) is 0 Å². The van der Waals surface area contributed by atoms with Gasteiger partial charge in [0.05, 0.1) is 22.2 Å². The van der Waals surface area contributed by atoms with Crippen LogP contribution in [0, 0.1) is 0 Å². The van der Waals surface area contributed by atoms with E-state index in [1.807, 2.05) is 60.7 Å². The van der Waals surface area contributed by atoms with Gasteiger partial charge in [-0.05, 0) is 48.6 Å². The normalized spacial score (nSPS) is 24.2. The van der Waals surface area contributed by atoms with Crippen molar-refractivity contribution < 1.29 is 35.9 Å². The Morgan fingerprint density at radius 1 is 0.907 bits per heavy atom. The first-order chi connectivity index (χ1) is 20.5. The maximum absolute atomic E-state index is 13.6. The lowest BCUT2D eigenvalue weighted by Crippen LogP contribution is -2.57. The van der Waals surface area contributed by atoms with E-state index in [4.69, 9.17) is 4.74 Å². The van der Waals surface area contributed by atoms with Crippen LogP contribution in [0.15, 0.2) is 78.9 Å². The number of nitrogens with one attached hydrogen (secondary N) is 1. The molecule has 0 saturated carbocycles. The molecule has 1 N–H and O–H groups in total. The number of aromatic nitrogens is 4. The number of H-pyrrole nitrogens is 1. The number of nitrogens with zero attached hydrogens (tertiary/aromatic N) is 4. The number of benzene rings is 3. The number of tetrazole rings is 1. The Morgan fingerprint density at radius 2 is 1.53 bits per heavy atom. The van der Waals surface area contributed by atoms with E-state index in [-0.39, 0.29) is 18.0 Å². The molecule has 4 aromatic rings. The molecule has 2 saturated heterocycles. The lowest BCUT2D eigenvalue weighted by molar-refractivity contribution is -0.143. The van der Waals surface area contributed by atoms with Crippen LogP contribution in [0.2, 0.25) is 0 Å². The second-order valence-corrected chi connectivity index (χ2v) is 10.8. The van der Waals surface area contributed by atoms with Gasteiger partial charge in [-0.3, -0.25) is 4.90 Å². The Kier molecular flexibility index (Phi) is 7.23. The Labute approximate surface area is 241 Å². The Morgan fingerprint density at radius 3 is 2.12 bits per heavy atom. The van der Waals surface area contributed by atoms with Crippen LogP contribution in [0.3, 0.4) is 0 Å². The van der Waals surface area contributed by atoms with Crippen molar-refractivity contribution in [3.63, 3.8) is 0 Å². The van der Waals surface area contributed by atoms with Crippen LogP contribution < -0.4 is 0 Å². The molecule has 0 unspecified atom stereocenters. The van der Waals surface area contributed by atoms with Crippen molar-refractivity contribution >= 4 is 5.97 Å². The Hall–Kier alpha value is -4.26. The Balaban J connectivity index is 1.44. The van der Waals surface area contributed by atoms with Crippen molar-refractivity contribution in [1.82, 2.24) is 25.5 Å². The van der Waals surface area contributed by atoms with Gasteiger partial charge in [-0.15, -0.1) is 10.2 Å². The van der Waals surface area contributed by atoms with Gasteiger partial charge >= 0.3 is 18.3 Å². The molecule has 0 spiro atoms. The van der Waals surface area contributed by atoms with E-state index in [1.54, 1.807) is 0 Å². The predicted molar refractivity (Wildman–Crippen MR) is 140 cm³/mol. The highest BCUT2D eigenvalue weighted by molar-refractivity contribution is 5.90. The summed E-state index contributed by atoms with van der Waals surface area (Å²) >= 11 is 0. The molecule has 2 aliphatic heterocycles. The number of hydrogen-bond donors (Lipinski definition) is 1. The molecule has 3 heterocycles. The molecule has 0 aliphatic carbocycles. The van der Waals surface area contributed by atoms with Gasteiger partial charge in [0.2, 0.25) is 0 Å². The maximum Gasteiger partial charge on any atom is 0.416 e. The largest absolute Gasteiger partial charge is 0.456 e. The van der Waals surface area contributed by atoms with Crippen molar-refractivity contribution in [2.24, 2.45) is 0 Å². The van der Waals surface area contributed by atoms with Crippen molar-refractivity contribution in [2.75, 3.05) is 0 Å². The van der Waals surface area contributed by atoms with E-state index in [0.29, 0.717) is 43.8 Å². The average Bonchev–Trinajstić information content (AvgIpc) is 3.58. The zero-order valence-corrected chi connectivity index (χ0v) is 22.4. The van der Waals surface area contributed by atoms with Crippen LogP contribution in [-0.2, 0) is 29.2 Å². The smallest absolute Gasteiger partial charge is 0.416 e. The summed E-state index contributed by atoms with van der Waals surface area (Å²) in [6, 6.07) is 19.5. The average molecular weight is 602 g/mol. The van der Waals surface area contributed by atoms with Gasteiger partial charge in [0.15, 0.2) is 5.82 Å². The maximum atomic E-state index is 13.6. The molecule has 224 valence electrons. The minimum atomic E-state index is -5.10. The fourth-order valence-electron chi connectivity index (χ4n) is 6.59. The van der Waals surface area contributed by atoms with Crippen molar-refractivity contribution in [3.8, 4) is 0 Å². The van der Waals surface area contributed by atoms with Gasteiger partial charge in [0.1, 0.15) is 6.10 Å². The first-order valence-corrected chi connectivity index (χ1v) is 13.6. The van der Waals surface area contributed by atoms with E-state index >= 15 is 0 Å². The summed E-state index contributed by atoms with van der Waals surface area (Å²) in [6.07, 6.45) is -9.92. The summed E-state index contributed by atoms with van der Waals surface area (Å²) in [7, 11) is 0. The molecule has 6 rings (SSSR count). The van der Waals surface area contributed by atoms with Crippen LogP contribution in [-0.4, -0.2) is 43.6 Å². The van der Waals surface area contributed by atoms with E-state index in [1.165, 1.54) is 0 Å². The summed E-state index contributed by atoms with van der Waals surface area (Å²) < 4.78 is 87.3. The molecule has 13 heteroatoms. The highest BCUT2D eigenvalue weighted by atomic mass is 19.4. The quantitative estimate of drug-likeness (QED) is 0.200. The molecule has 7 nitrogen and oxygen atoms in total. The number of halogens is 6. The van der Waals surface area contributed by atoms with Gasteiger partial charge in [-0.25, -0.2) is 4.79 Å². The van der Waals surface area contributed by atoms with Crippen LogP contribution in [0.25, 0.3) is 0 Å². The zero-order valence-electron chi connectivity index (χ0n) is 22.4. The van der Waals surface area contributed by atoms with Gasteiger partial charge in [-0.1, -0.05) is 65.9 Å². The summed E-state index contributed by atoms with van der Waals surface area (Å²) in [5.74, 6) is -1.03. The van der Waals surface area contributed by atoms with E-state index in [0.717, 1.165) is 11.1 Å². The molecule has 2 aliphatic rings. The summed E-state index contributed by atoms with van der Waals surface area (Å²) in [5, 5.41) is 14.7. The molecule has 0 amide bonds. The second kappa shape index (κ2) is 10.8. The van der Waals surface area contributed by atoms with Crippen LogP contribution in [0.5, 0.6) is 0 Å². The number of carbonyl (C=O) groups is 1. The second-order valence-electron chi connectivity index (χ2n) is 10.8. The molecule has 4 atom stereocenters. The third kappa shape index (κ3) is 5.37. The van der Waals surface area contributed by atoms with Crippen LogP contribution >= 0.6 is 0 Å². The first-order valence-electron chi connectivity index (χ1n) is 13.6. The monoisotopic (exact) mass is 601 g/mol. The Bertz CT molecular complexity index is 1550. The number of rotatable bonds is 6. The zero-order chi connectivity index (χ0) is 30.4. The molecule has 2 bridgehead atoms. The van der Waals surface area contributed by atoms with Crippen molar-refractivity contribution in [1.29, 1.82) is 0 Å².